The molecule has 25 heavy (non-hydrogen) atoms. The average Bonchev–Trinajstić information content (AvgIpc) is 2.63. The van der Waals surface area contributed by atoms with Gasteiger partial charge >= 0.3 is 0 Å². The molecule has 1 aromatic heterocycles. The zero-order valence-electron chi connectivity index (χ0n) is 13.8. The Morgan fingerprint density at radius 1 is 1.04 bits per heavy atom. The standard InChI is InChI=1S/C20H18ClN3O/c1-14-6-9-17(10-7-14)24-19-11-8-16(13-22-19)20(25)23-12-15-4-2-3-5-18(15)21/h2-11,13H,12H2,1H3,(H,22,24)(H,23,25). The first-order valence-corrected chi connectivity index (χ1v) is 8.31. The summed E-state index contributed by atoms with van der Waals surface area (Å²) >= 11 is 6.09. The molecule has 2 aromatic carbocycles. The van der Waals surface area contributed by atoms with Gasteiger partial charge in [0.25, 0.3) is 5.91 Å². The fourth-order valence-corrected chi connectivity index (χ4v) is 2.51. The smallest absolute Gasteiger partial charge is 0.253 e. The van der Waals surface area contributed by atoms with E-state index in [0.717, 1.165) is 11.3 Å². The topological polar surface area (TPSA) is 54.0 Å². The molecule has 0 saturated carbocycles. The van der Waals surface area contributed by atoms with Crippen molar-refractivity contribution in [1.29, 1.82) is 0 Å². The molecule has 0 atom stereocenters. The molecule has 3 aromatic rings. The number of nitrogens with one attached hydrogen (secondary N) is 2. The highest BCUT2D eigenvalue weighted by molar-refractivity contribution is 6.31. The number of benzene rings is 2. The first kappa shape index (κ1) is 17.0. The van der Waals surface area contributed by atoms with Crippen LogP contribution in [0.2, 0.25) is 5.02 Å². The van der Waals surface area contributed by atoms with Crippen molar-refractivity contribution < 1.29 is 4.79 Å². The first-order chi connectivity index (χ1) is 12.1. The number of nitrogens with zero attached hydrogens (tertiary/aromatic N) is 1. The third-order valence-corrected chi connectivity index (χ3v) is 4.12. The van der Waals surface area contributed by atoms with Crippen molar-refractivity contribution in [3.05, 3.63) is 88.6 Å². The number of halogens is 1. The minimum atomic E-state index is -0.186. The summed E-state index contributed by atoms with van der Waals surface area (Å²) in [6.45, 7) is 2.42. The number of carbonyl (C=O) groups excluding carboxylic acids is 1. The number of pyridine rings is 1. The van der Waals surface area contributed by atoms with Crippen molar-refractivity contribution >= 4 is 29.0 Å². The molecule has 4 nitrogen and oxygen atoms in total. The molecular weight excluding hydrogens is 334 g/mol. The van der Waals surface area contributed by atoms with Crippen LogP contribution in [0.4, 0.5) is 11.5 Å². The van der Waals surface area contributed by atoms with Crippen LogP contribution in [0.3, 0.4) is 0 Å². The summed E-state index contributed by atoms with van der Waals surface area (Å²) in [6.07, 6.45) is 1.55. The summed E-state index contributed by atoms with van der Waals surface area (Å²) in [5.41, 5.74) is 3.53. The molecule has 0 fully saturated rings. The lowest BCUT2D eigenvalue weighted by atomic mass is 10.2. The highest BCUT2D eigenvalue weighted by Gasteiger charge is 2.07. The van der Waals surface area contributed by atoms with Crippen molar-refractivity contribution in [3.8, 4) is 0 Å². The number of anilines is 2. The predicted molar refractivity (Wildman–Crippen MR) is 101 cm³/mol. The van der Waals surface area contributed by atoms with Gasteiger partial charge < -0.3 is 10.6 Å². The number of aromatic nitrogens is 1. The van der Waals surface area contributed by atoms with E-state index in [-0.39, 0.29) is 5.91 Å². The van der Waals surface area contributed by atoms with Crippen LogP contribution < -0.4 is 10.6 Å². The van der Waals surface area contributed by atoms with E-state index in [1.165, 1.54) is 5.56 Å². The fraction of sp³-hybridized carbons (Fsp3) is 0.100. The summed E-state index contributed by atoms with van der Waals surface area (Å²) in [6, 6.07) is 19.0. The quantitative estimate of drug-likeness (QED) is 0.699. The largest absolute Gasteiger partial charge is 0.348 e. The molecule has 0 aliphatic rings. The minimum Gasteiger partial charge on any atom is -0.348 e. The Labute approximate surface area is 151 Å². The average molecular weight is 352 g/mol. The molecule has 0 bridgehead atoms. The molecule has 3 rings (SSSR count). The third-order valence-electron chi connectivity index (χ3n) is 3.75. The lowest BCUT2D eigenvalue weighted by molar-refractivity contribution is 0.0950. The number of hydrogen-bond acceptors (Lipinski definition) is 3. The Morgan fingerprint density at radius 2 is 1.80 bits per heavy atom. The molecule has 0 radical (unpaired) electrons. The van der Waals surface area contributed by atoms with Crippen LogP contribution >= 0.6 is 11.6 Å². The van der Waals surface area contributed by atoms with E-state index in [1.54, 1.807) is 24.4 Å². The van der Waals surface area contributed by atoms with E-state index in [4.69, 9.17) is 11.6 Å². The second-order valence-corrected chi connectivity index (χ2v) is 6.10. The number of rotatable bonds is 5. The van der Waals surface area contributed by atoms with Crippen molar-refractivity contribution in [1.82, 2.24) is 10.3 Å². The van der Waals surface area contributed by atoms with Crippen molar-refractivity contribution in [3.63, 3.8) is 0 Å². The van der Waals surface area contributed by atoms with Gasteiger partial charge in [0.2, 0.25) is 0 Å². The molecule has 0 aliphatic heterocycles. The summed E-state index contributed by atoms with van der Waals surface area (Å²) < 4.78 is 0. The zero-order valence-corrected chi connectivity index (χ0v) is 14.5. The van der Waals surface area contributed by atoms with Crippen molar-refractivity contribution in [2.45, 2.75) is 13.5 Å². The molecule has 0 saturated heterocycles. The maximum absolute atomic E-state index is 12.2. The predicted octanol–water partition coefficient (Wildman–Crippen LogP) is 4.72. The van der Waals surface area contributed by atoms with Gasteiger partial charge in [-0.05, 0) is 42.8 Å². The van der Waals surface area contributed by atoms with Gasteiger partial charge in [-0.1, -0.05) is 47.5 Å². The van der Waals surface area contributed by atoms with Gasteiger partial charge in [0.15, 0.2) is 0 Å². The maximum Gasteiger partial charge on any atom is 0.253 e. The van der Waals surface area contributed by atoms with Gasteiger partial charge in [0.1, 0.15) is 5.82 Å². The van der Waals surface area contributed by atoms with Crippen LogP contribution in [0, 0.1) is 6.92 Å². The van der Waals surface area contributed by atoms with Crippen LogP contribution in [0.1, 0.15) is 21.5 Å². The van der Waals surface area contributed by atoms with E-state index in [0.29, 0.717) is 22.9 Å². The van der Waals surface area contributed by atoms with Gasteiger partial charge in [-0.2, -0.15) is 0 Å². The number of hydrogen-bond donors (Lipinski definition) is 2. The summed E-state index contributed by atoms with van der Waals surface area (Å²) in [5, 5.41) is 6.69. The van der Waals surface area contributed by atoms with E-state index in [1.807, 2.05) is 49.4 Å². The first-order valence-electron chi connectivity index (χ1n) is 7.93. The Bertz CT molecular complexity index is 861. The Kier molecular flexibility index (Phi) is 5.31. The third kappa shape index (κ3) is 4.58. The van der Waals surface area contributed by atoms with Crippen molar-refractivity contribution in [2.24, 2.45) is 0 Å². The fourth-order valence-electron chi connectivity index (χ4n) is 2.31. The summed E-state index contributed by atoms with van der Waals surface area (Å²) in [5.74, 6) is 0.501. The number of amides is 1. The van der Waals surface area contributed by atoms with Gasteiger partial charge in [0.05, 0.1) is 5.56 Å². The molecule has 5 heteroatoms. The second-order valence-electron chi connectivity index (χ2n) is 5.70. The number of carbonyl (C=O) groups is 1. The van der Waals surface area contributed by atoms with Crippen LogP contribution in [0.15, 0.2) is 66.9 Å². The molecule has 0 spiro atoms. The van der Waals surface area contributed by atoms with Gasteiger partial charge in [-0.3, -0.25) is 4.79 Å². The zero-order chi connectivity index (χ0) is 17.6. The molecule has 1 heterocycles. The van der Waals surface area contributed by atoms with Crippen molar-refractivity contribution in [2.75, 3.05) is 5.32 Å². The van der Waals surface area contributed by atoms with Gasteiger partial charge in [-0.15, -0.1) is 0 Å². The molecular formula is C20H18ClN3O. The van der Waals surface area contributed by atoms with E-state index in [2.05, 4.69) is 15.6 Å². The monoisotopic (exact) mass is 351 g/mol. The highest BCUT2D eigenvalue weighted by atomic mass is 35.5. The Morgan fingerprint density at radius 3 is 2.48 bits per heavy atom. The van der Waals surface area contributed by atoms with E-state index in [9.17, 15) is 4.79 Å². The Balaban J connectivity index is 1.60. The lowest BCUT2D eigenvalue weighted by Crippen LogP contribution is -2.23. The summed E-state index contributed by atoms with van der Waals surface area (Å²) in [7, 11) is 0. The van der Waals surface area contributed by atoms with Crippen LogP contribution in [-0.4, -0.2) is 10.9 Å². The van der Waals surface area contributed by atoms with Crippen LogP contribution in [0.25, 0.3) is 0 Å². The van der Waals surface area contributed by atoms with Gasteiger partial charge in [0, 0.05) is 23.5 Å². The maximum atomic E-state index is 12.2. The van der Waals surface area contributed by atoms with Crippen LogP contribution in [-0.2, 0) is 6.54 Å². The highest BCUT2D eigenvalue weighted by Crippen LogP contribution is 2.16. The van der Waals surface area contributed by atoms with Crippen LogP contribution in [0.5, 0.6) is 0 Å². The molecule has 1 amide bonds. The van der Waals surface area contributed by atoms with Gasteiger partial charge in [-0.25, -0.2) is 4.98 Å². The molecule has 0 unspecified atom stereocenters. The molecule has 0 aliphatic carbocycles. The lowest BCUT2D eigenvalue weighted by Gasteiger charge is -2.08. The van der Waals surface area contributed by atoms with E-state index < -0.39 is 0 Å². The molecule has 2 N–H and O–H groups in total. The molecule has 126 valence electrons. The second kappa shape index (κ2) is 7.81. The summed E-state index contributed by atoms with van der Waals surface area (Å²) in [4.78, 5) is 16.5. The Hall–Kier alpha value is -2.85. The normalized spacial score (nSPS) is 10.3. The number of aryl methyl sites for hydroxylation is 1. The van der Waals surface area contributed by atoms with E-state index >= 15 is 0 Å². The SMILES string of the molecule is Cc1ccc(Nc2ccc(C(=O)NCc3ccccc3Cl)cn2)cc1. The minimum absolute atomic E-state index is 0.186.